The van der Waals surface area contributed by atoms with Crippen molar-refractivity contribution < 1.29 is 8.42 Å². The van der Waals surface area contributed by atoms with Gasteiger partial charge in [-0.25, -0.2) is 18.1 Å². The number of sulfonamides is 1. The predicted molar refractivity (Wildman–Crippen MR) is 59.5 cm³/mol. The Hall–Kier alpha value is -0.920. The molecule has 1 unspecified atom stereocenters. The summed E-state index contributed by atoms with van der Waals surface area (Å²) in [5.74, 6) is 0.593. The monoisotopic (exact) mass is 244 g/mol. The number of aromatic nitrogens is 2. The molecule has 7 heteroatoms. The molecule has 0 radical (unpaired) electrons. The first-order valence-electron chi connectivity index (χ1n) is 5.18. The molecule has 0 aromatic carbocycles. The lowest BCUT2D eigenvalue weighted by Crippen LogP contribution is -2.47. The van der Waals surface area contributed by atoms with Crippen molar-refractivity contribution in [3.63, 3.8) is 0 Å². The number of nitrogens with zero attached hydrogens (tertiary/aromatic N) is 1. The maximum atomic E-state index is 12.0. The first kappa shape index (κ1) is 11.6. The van der Waals surface area contributed by atoms with Crippen molar-refractivity contribution in [2.24, 2.45) is 0 Å². The van der Waals surface area contributed by atoms with Gasteiger partial charge in [0.25, 0.3) is 10.0 Å². The molecule has 1 fully saturated rings. The second-order valence-electron chi connectivity index (χ2n) is 4.43. The van der Waals surface area contributed by atoms with Gasteiger partial charge in [0.2, 0.25) is 0 Å². The standard InChI is InChI=1S/C9H16N4O2S/c1-7-11-5-8(12-7)16(14,15)13-9(2)3-4-10-6-9/h5,10,13H,3-4,6H2,1-2H3,(H,11,12). The van der Waals surface area contributed by atoms with E-state index in [1.807, 2.05) is 6.92 Å². The minimum absolute atomic E-state index is 0.123. The summed E-state index contributed by atoms with van der Waals surface area (Å²) >= 11 is 0. The molecular formula is C9H16N4O2S. The van der Waals surface area contributed by atoms with Crippen LogP contribution in [0.3, 0.4) is 0 Å². The molecule has 1 aromatic rings. The molecule has 6 nitrogen and oxygen atoms in total. The maximum absolute atomic E-state index is 12.0. The number of nitrogens with one attached hydrogen (secondary N) is 3. The fourth-order valence-electron chi connectivity index (χ4n) is 1.82. The van der Waals surface area contributed by atoms with E-state index in [1.165, 1.54) is 6.20 Å². The molecule has 16 heavy (non-hydrogen) atoms. The summed E-state index contributed by atoms with van der Waals surface area (Å²) in [5, 5.41) is 3.26. The number of hydrogen-bond acceptors (Lipinski definition) is 4. The molecule has 1 aliphatic rings. The predicted octanol–water partition coefficient (Wildman–Crippen LogP) is -0.252. The first-order chi connectivity index (χ1) is 7.41. The Labute approximate surface area is 94.9 Å². The van der Waals surface area contributed by atoms with E-state index in [1.54, 1.807) is 6.92 Å². The van der Waals surface area contributed by atoms with Gasteiger partial charge in [0.15, 0.2) is 5.03 Å². The van der Waals surface area contributed by atoms with Gasteiger partial charge in [0.1, 0.15) is 5.82 Å². The van der Waals surface area contributed by atoms with Gasteiger partial charge in [0, 0.05) is 12.1 Å². The Kier molecular flexibility index (Phi) is 2.77. The normalized spacial score (nSPS) is 26.1. The van der Waals surface area contributed by atoms with Crippen molar-refractivity contribution in [1.82, 2.24) is 20.0 Å². The van der Waals surface area contributed by atoms with Crippen LogP contribution < -0.4 is 10.0 Å². The second kappa shape index (κ2) is 3.83. The molecule has 0 spiro atoms. The van der Waals surface area contributed by atoms with E-state index in [9.17, 15) is 8.42 Å². The number of hydrogen-bond donors (Lipinski definition) is 3. The van der Waals surface area contributed by atoms with Crippen LogP contribution in [-0.4, -0.2) is 37.0 Å². The summed E-state index contributed by atoms with van der Waals surface area (Å²) in [5.41, 5.74) is -0.405. The third-order valence-corrected chi connectivity index (χ3v) is 4.27. The van der Waals surface area contributed by atoms with Gasteiger partial charge in [-0.15, -0.1) is 0 Å². The maximum Gasteiger partial charge on any atom is 0.258 e. The highest BCUT2D eigenvalue weighted by Gasteiger charge is 2.34. The molecule has 1 aliphatic heterocycles. The number of aromatic amines is 1. The summed E-state index contributed by atoms with van der Waals surface area (Å²) in [6, 6.07) is 0. The molecular weight excluding hydrogens is 228 g/mol. The van der Waals surface area contributed by atoms with Gasteiger partial charge in [-0.1, -0.05) is 0 Å². The van der Waals surface area contributed by atoms with Crippen LogP contribution in [0.5, 0.6) is 0 Å². The van der Waals surface area contributed by atoms with Crippen molar-refractivity contribution >= 4 is 10.0 Å². The van der Waals surface area contributed by atoms with E-state index in [0.717, 1.165) is 13.0 Å². The Morgan fingerprint density at radius 1 is 1.56 bits per heavy atom. The number of rotatable bonds is 3. The average Bonchev–Trinajstić information content (AvgIpc) is 2.74. The van der Waals surface area contributed by atoms with Crippen LogP contribution in [0.15, 0.2) is 11.2 Å². The van der Waals surface area contributed by atoms with Gasteiger partial charge >= 0.3 is 0 Å². The highest BCUT2D eigenvalue weighted by molar-refractivity contribution is 7.89. The number of aryl methyl sites for hydroxylation is 1. The highest BCUT2D eigenvalue weighted by atomic mass is 32.2. The van der Waals surface area contributed by atoms with E-state index in [-0.39, 0.29) is 5.03 Å². The van der Waals surface area contributed by atoms with E-state index in [0.29, 0.717) is 12.4 Å². The molecule has 2 heterocycles. The molecule has 3 N–H and O–H groups in total. The Balaban J connectivity index is 2.20. The van der Waals surface area contributed by atoms with Gasteiger partial charge in [-0.2, -0.15) is 0 Å². The molecule has 1 aromatic heterocycles. The largest absolute Gasteiger partial charge is 0.332 e. The van der Waals surface area contributed by atoms with Gasteiger partial charge in [0.05, 0.1) is 6.20 Å². The Morgan fingerprint density at radius 3 is 2.81 bits per heavy atom. The van der Waals surface area contributed by atoms with E-state index >= 15 is 0 Å². The SMILES string of the molecule is Cc1ncc(S(=O)(=O)NC2(C)CCNC2)[nH]1. The highest BCUT2D eigenvalue weighted by Crippen LogP contribution is 2.17. The van der Waals surface area contributed by atoms with Crippen molar-refractivity contribution in [2.75, 3.05) is 13.1 Å². The molecule has 1 saturated heterocycles. The second-order valence-corrected chi connectivity index (χ2v) is 6.08. The topological polar surface area (TPSA) is 86.9 Å². The molecule has 1 atom stereocenters. The third kappa shape index (κ3) is 2.26. The molecule has 90 valence electrons. The van der Waals surface area contributed by atoms with Crippen LogP contribution in [0.2, 0.25) is 0 Å². The summed E-state index contributed by atoms with van der Waals surface area (Å²) < 4.78 is 26.7. The quantitative estimate of drug-likeness (QED) is 0.684. The van der Waals surface area contributed by atoms with Crippen molar-refractivity contribution in [2.45, 2.75) is 30.8 Å². The zero-order chi connectivity index (χ0) is 11.8. The minimum atomic E-state index is -3.49. The first-order valence-corrected chi connectivity index (χ1v) is 6.66. The van der Waals surface area contributed by atoms with E-state index in [2.05, 4.69) is 20.0 Å². The van der Waals surface area contributed by atoms with Crippen LogP contribution in [0.4, 0.5) is 0 Å². The van der Waals surface area contributed by atoms with Crippen molar-refractivity contribution in [1.29, 1.82) is 0 Å². The molecule has 0 saturated carbocycles. The van der Waals surface area contributed by atoms with Gasteiger partial charge in [-0.3, -0.25) is 0 Å². The molecule has 0 bridgehead atoms. The van der Waals surface area contributed by atoms with Gasteiger partial charge < -0.3 is 10.3 Å². The van der Waals surface area contributed by atoms with E-state index in [4.69, 9.17) is 0 Å². The Bertz CT molecular complexity index is 473. The zero-order valence-corrected chi connectivity index (χ0v) is 10.2. The molecule has 0 amide bonds. The fraction of sp³-hybridized carbons (Fsp3) is 0.667. The lowest BCUT2D eigenvalue weighted by Gasteiger charge is -2.23. The summed E-state index contributed by atoms with van der Waals surface area (Å²) in [6.07, 6.45) is 2.13. The third-order valence-electron chi connectivity index (χ3n) is 2.72. The Morgan fingerprint density at radius 2 is 2.31 bits per heavy atom. The minimum Gasteiger partial charge on any atom is -0.332 e. The van der Waals surface area contributed by atoms with Crippen LogP contribution in [0.25, 0.3) is 0 Å². The summed E-state index contributed by atoms with van der Waals surface area (Å²) in [6.45, 7) is 5.10. The van der Waals surface area contributed by atoms with Gasteiger partial charge in [-0.05, 0) is 26.8 Å². The fourth-order valence-corrected chi connectivity index (χ4v) is 3.22. The van der Waals surface area contributed by atoms with Crippen LogP contribution in [0.1, 0.15) is 19.2 Å². The molecule has 0 aliphatic carbocycles. The zero-order valence-electron chi connectivity index (χ0n) is 9.37. The van der Waals surface area contributed by atoms with Crippen LogP contribution in [0, 0.1) is 6.92 Å². The average molecular weight is 244 g/mol. The number of imidazole rings is 1. The van der Waals surface area contributed by atoms with Crippen LogP contribution in [-0.2, 0) is 10.0 Å². The van der Waals surface area contributed by atoms with E-state index < -0.39 is 15.6 Å². The smallest absolute Gasteiger partial charge is 0.258 e. The number of H-pyrrole nitrogens is 1. The lowest BCUT2D eigenvalue weighted by atomic mass is 10.0. The van der Waals surface area contributed by atoms with Crippen molar-refractivity contribution in [3.05, 3.63) is 12.0 Å². The molecule has 2 rings (SSSR count). The summed E-state index contributed by atoms with van der Waals surface area (Å²) in [7, 11) is -3.49. The summed E-state index contributed by atoms with van der Waals surface area (Å²) in [4.78, 5) is 6.62. The van der Waals surface area contributed by atoms with Crippen molar-refractivity contribution in [3.8, 4) is 0 Å². The van der Waals surface area contributed by atoms with Crippen LogP contribution >= 0.6 is 0 Å². The lowest BCUT2D eigenvalue weighted by molar-refractivity contribution is 0.451.